The molecule has 1 unspecified atom stereocenters. The lowest BCUT2D eigenvalue weighted by molar-refractivity contribution is -0.122. The Bertz CT molecular complexity index is 670. The lowest BCUT2D eigenvalue weighted by Gasteiger charge is -2.37. The fourth-order valence-corrected chi connectivity index (χ4v) is 3.07. The topological polar surface area (TPSA) is 71.2 Å². The SMILES string of the molecule is CNC(=O)C1CCCCN1c1ccc2ncccc2c1N. The number of pyridine rings is 1. The molecule has 5 heteroatoms. The zero-order chi connectivity index (χ0) is 14.8. The minimum Gasteiger partial charge on any atom is -0.396 e. The van der Waals surface area contributed by atoms with Crippen LogP contribution >= 0.6 is 0 Å². The van der Waals surface area contributed by atoms with E-state index < -0.39 is 0 Å². The maximum atomic E-state index is 12.1. The van der Waals surface area contributed by atoms with E-state index in [1.165, 1.54) is 0 Å². The minimum absolute atomic E-state index is 0.0559. The number of carbonyl (C=O) groups is 1. The minimum atomic E-state index is -0.139. The number of aromatic nitrogens is 1. The zero-order valence-electron chi connectivity index (χ0n) is 12.2. The standard InChI is InChI=1S/C16H20N4O/c1-18-16(21)14-6-2-3-10-20(14)13-8-7-12-11(15(13)17)5-4-9-19-12/h4-5,7-9,14H,2-3,6,10,17H2,1H3,(H,18,21). The molecule has 3 rings (SSSR count). The molecule has 0 spiro atoms. The molecule has 0 aliphatic carbocycles. The van der Waals surface area contributed by atoms with Gasteiger partial charge in [-0.1, -0.05) is 0 Å². The van der Waals surface area contributed by atoms with Crippen LogP contribution in [0.4, 0.5) is 11.4 Å². The number of likely N-dealkylation sites (N-methyl/N-ethyl adjacent to an activating group) is 1. The third-order valence-corrected chi connectivity index (χ3v) is 4.17. The maximum absolute atomic E-state index is 12.1. The number of piperidine rings is 1. The van der Waals surface area contributed by atoms with Gasteiger partial charge in [-0.3, -0.25) is 9.78 Å². The Hall–Kier alpha value is -2.30. The van der Waals surface area contributed by atoms with Crippen LogP contribution in [0.15, 0.2) is 30.5 Å². The Labute approximate surface area is 124 Å². The van der Waals surface area contributed by atoms with Gasteiger partial charge in [0.25, 0.3) is 0 Å². The second-order valence-electron chi connectivity index (χ2n) is 5.39. The fourth-order valence-electron chi connectivity index (χ4n) is 3.07. The first-order valence-electron chi connectivity index (χ1n) is 7.34. The van der Waals surface area contributed by atoms with Crippen LogP contribution in [-0.4, -0.2) is 30.5 Å². The smallest absolute Gasteiger partial charge is 0.242 e. The van der Waals surface area contributed by atoms with Crippen molar-refractivity contribution in [1.82, 2.24) is 10.3 Å². The first-order valence-corrected chi connectivity index (χ1v) is 7.34. The monoisotopic (exact) mass is 284 g/mol. The van der Waals surface area contributed by atoms with Crippen LogP contribution in [0.25, 0.3) is 10.9 Å². The summed E-state index contributed by atoms with van der Waals surface area (Å²) in [6, 6.07) is 7.66. The summed E-state index contributed by atoms with van der Waals surface area (Å²) in [4.78, 5) is 18.6. The van der Waals surface area contributed by atoms with Crippen molar-refractivity contribution in [2.24, 2.45) is 0 Å². The molecule has 1 aliphatic heterocycles. The van der Waals surface area contributed by atoms with E-state index in [4.69, 9.17) is 5.73 Å². The van der Waals surface area contributed by atoms with Crippen molar-refractivity contribution >= 4 is 28.2 Å². The second-order valence-corrected chi connectivity index (χ2v) is 5.39. The molecular weight excluding hydrogens is 264 g/mol. The van der Waals surface area contributed by atoms with E-state index in [9.17, 15) is 4.79 Å². The summed E-state index contributed by atoms with van der Waals surface area (Å²) in [6.07, 6.45) is 4.78. The van der Waals surface area contributed by atoms with Crippen molar-refractivity contribution < 1.29 is 4.79 Å². The Kier molecular flexibility index (Phi) is 3.64. The Morgan fingerprint density at radius 3 is 3.05 bits per heavy atom. The largest absolute Gasteiger partial charge is 0.396 e. The third-order valence-electron chi connectivity index (χ3n) is 4.17. The van der Waals surface area contributed by atoms with Crippen molar-refractivity contribution in [1.29, 1.82) is 0 Å². The molecule has 1 aromatic carbocycles. The summed E-state index contributed by atoms with van der Waals surface area (Å²) in [5.41, 5.74) is 8.86. The van der Waals surface area contributed by atoms with E-state index in [1.807, 2.05) is 24.3 Å². The highest BCUT2D eigenvalue weighted by Crippen LogP contribution is 2.34. The van der Waals surface area contributed by atoms with E-state index in [2.05, 4.69) is 15.2 Å². The summed E-state index contributed by atoms with van der Waals surface area (Å²) in [7, 11) is 1.68. The van der Waals surface area contributed by atoms with Gasteiger partial charge in [-0.05, 0) is 43.5 Å². The molecular formula is C16H20N4O. The molecule has 0 saturated carbocycles. The van der Waals surface area contributed by atoms with Crippen molar-refractivity contribution in [2.75, 3.05) is 24.2 Å². The summed E-state index contributed by atoms with van der Waals surface area (Å²) >= 11 is 0. The summed E-state index contributed by atoms with van der Waals surface area (Å²) < 4.78 is 0. The highest BCUT2D eigenvalue weighted by Gasteiger charge is 2.29. The summed E-state index contributed by atoms with van der Waals surface area (Å²) in [6.45, 7) is 0.855. The van der Waals surface area contributed by atoms with Gasteiger partial charge in [-0.15, -0.1) is 0 Å². The predicted octanol–water partition coefficient (Wildman–Crippen LogP) is 1.92. The Balaban J connectivity index is 2.05. The third kappa shape index (κ3) is 2.39. The molecule has 21 heavy (non-hydrogen) atoms. The van der Waals surface area contributed by atoms with E-state index in [-0.39, 0.29) is 11.9 Å². The first-order chi connectivity index (χ1) is 10.2. The van der Waals surface area contributed by atoms with Crippen molar-refractivity contribution in [2.45, 2.75) is 25.3 Å². The molecule has 1 atom stereocenters. The average molecular weight is 284 g/mol. The molecule has 0 bridgehead atoms. The molecule has 1 fully saturated rings. The normalized spacial score (nSPS) is 18.7. The van der Waals surface area contributed by atoms with Gasteiger partial charge in [-0.25, -0.2) is 0 Å². The molecule has 110 valence electrons. The number of amides is 1. The van der Waals surface area contributed by atoms with Gasteiger partial charge in [0.05, 0.1) is 16.9 Å². The number of nitrogen functional groups attached to an aromatic ring is 1. The number of nitrogens with two attached hydrogens (primary N) is 1. The quantitative estimate of drug-likeness (QED) is 0.827. The maximum Gasteiger partial charge on any atom is 0.242 e. The molecule has 5 nitrogen and oxygen atoms in total. The van der Waals surface area contributed by atoms with Crippen LogP contribution in [0.2, 0.25) is 0 Å². The van der Waals surface area contributed by atoms with Crippen LogP contribution in [-0.2, 0) is 4.79 Å². The zero-order valence-corrected chi connectivity index (χ0v) is 12.2. The van der Waals surface area contributed by atoms with Gasteiger partial charge in [0.1, 0.15) is 6.04 Å². The van der Waals surface area contributed by atoms with Gasteiger partial charge in [-0.2, -0.15) is 0 Å². The molecule has 1 aromatic heterocycles. The average Bonchev–Trinajstić information content (AvgIpc) is 2.55. The van der Waals surface area contributed by atoms with Gasteiger partial charge in [0, 0.05) is 25.2 Å². The van der Waals surface area contributed by atoms with Gasteiger partial charge >= 0.3 is 0 Å². The molecule has 0 radical (unpaired) electrons. The van der Waals surface area contributed by atoms with Gasteiger partial charge in [0.15, 0.2) is 0 Å². The lowest BCUT2D eigenvalue weighted by atomic mass is 9.99. The number of hydrogen-bond donors (Lipinski definition) is 2. The molecule has 1 saturated heterocycles. The van der Waals surface area contributed by atoms with Crippen LogP contribution in [0.1, 0.15) is 19.3 Å². The van der Waals surface area contributed by atoms with E-state index in [0.717, 1.165) is 42.4 Å². The van der Waals surface area contributed by atoms with E-state index >= 15 is 0 Å². The number of nitrogens with zero attached hydrogens (tertiary/aromatic N) is 2. The Morgan fingerprint density at radius 1 is 1.38 bits per heavy atom. The highest BCUT2D eigenvalue weighted by molar-refractivity contribution is 5.98. The predicted molar refractivity (Wildman–Crippen MR) is 85.2 cm³/mol. The fraction of sp³-hybridized carbons (Fsp3) is 0.375. The number of hydrogen-bond acceptors (Lipinski definition) is 4. The van der Waals surface area contributed by atoms with Crippen molar-refractivity contribution in [3.8, 4) is 0 Å². The van der Waals surface area contributed by atoms with Crippen molar-refractivity contribution in [3.63, 3.8) is 0 Å². The number of anilines is 2. The summed E-state index contributed by atoms with van der Waals surface area (Å²) in [5.74, 6) is 0.0559. The number of fused-ring (bicyclic) bond motifs is 1. The lowest BCUT2D eigenvalue weighted by Crippen LogP contribution is -2.49. The van der Waals surface area contributed by atoms with Gasteiger partial charge < -0.3 is 16.0 Å². The molecule has 2 heterocycles. The van der Waals surface area contributed by atoms with Crippen LogP contribution < -0.4 is 16.0 Å². The number of carbonyl (C=O) groups excluding carboxylic acids is 1. The van der Waals surface area contributed by atoms with Crippen LogP contribution in [0.3, 0.4) is 0 Å². The van der Waals surface area contributed by atoms with Crippen molar-refractivity contribution in [3.05, 3.63) is 30.5 Å². The van der Waals surface area contributed by atoms with Crippen LogP contribution in [0, 0.1) is 0 Å². The second kappa shape index (κ2) is 5.60. The Morgan fingerprint density at radius 2 is 2.24 bits per heavy atom. The molecule has 3 N–H and O–H groups in total. The van der Waals surface area contributed by atoms with Crippen LogP contribution in [0.5, 0.6) is 0 Å². The molecule has 2 aromatic rings. The number of benzene rings is 1. The molecule has 1 amide bonds. The highest BCUT2D eigenvalue weighted by atomic mass is 16.2. The van der Waals surface area contributed by atoms with Gasteiger partial charge in [0.2, 0.25) is 5.91 Å². The first kappa shape index (κ1) is 13.7. The van der Waals surface area contributed by atoms with E-state index in [1.54, 1.807) is 13.2 Å². The van der Waals surface area contributed by atoms with E-state index in [0.29, 0.717) is 5.69 Å². The number of rotatable bonds is 2. The summed E-state index contributed by atoms with van der Waals surface area (Å²) in [5, 5.41) is 3.70. The molecule has 1 aliphatic rings. The number of nitrogens with one attached hydrogen (secondary N) is 1.